The molecule has 0 aromatic heterocycles. The summed E-state index contributed by atoms with van der Waals surface area (Å²) in [4.78, 5) is 12.2. The Morgan fingerprint density at radius 2 is 1.37 bits per heavy atom. The van der Waals surface area contributed by atoms with Crippen molar-refractivity contribution in [3.05, 3.63) is 0 Å². The predicted molar refractivity (Wildman–Crippen MR) is 81.6 cm³/mol. The molecule has 0 saturated carbocycles. The number of rotatable bonds is 8. The van der Waals surface area contributed by atoms with Crippen molar-refractivity contribution in [2.24, 2.45) is 5.92 Å². The molecular weight excluding hydrogens is 283 g/mol. The molecule has 19 heavy (non-hydrogen) atoms. The Kier molecular flexibility index (Phi) is 7.32. The zero-order chi connectivity index (χ0) is 15.4. The van der Waals surface area contributed by atoms with Gasteiger partial charge in [-0.15, -0.1) is 0 Å². The number of carbonyl (C=O) groups excluding carboxylic acids is 1. The molecule has 0 fully saturated rings. The Bertz CT molecular complexity index is 337. The van der Waals surface area contributed by atoms with E-state index < -0.39 is 11.5 Å². The van der Waals surface area contributed by atoms with Crippen LogP contribution in [0.1, 0.15) is 55.4 Å². The summed E-state index contributed by atoms with van der Waals surface area (Å²) < 4.78 is 22.9. The first-order valence-corrected chi connectivity index (χ1v) is 9.58. The average molecular weight is 310 g/mol. The third kappa shape index (κ3) is 6.94. The topological polar surface area (TPSA) is 52.6 Å². The number of hydrogen-bond acceptors (Lipinski definition) is 5. The van der Waals surface area contributed by atoms with Gasteiger partial charge in [0.15, 0.2) is 5.78 Å². The highest BCUT2D eigenvalue weighted by Gasteiger charge is 2.41. The molecule has 0 amide bonds. The van der Waals surface area contributed by atoms with E-state index in [1.807, 2.05) is 13.8 Å². The quantitative estimate of drug-likeness (QED) is 0.609. The third-order valence-corrected chi connectivity index (χ3v) is 6.94. The first kappa shape index (κ1) is 19.2. The number of hydrogen-bond donors (Lipinski definition) is 0. The van der Waals surface area contributed by atoms with Gasteiger partial charge in [0.2, 0.25) is 0 Å². The molecule has 0 spiro atoms. The molecule has 114 valence electrons. The highest BCUT2D eigenvalue weighted by atomic mass is 32.7. The maximum absolute atomic E-state index is 12.7. The molecular formula is C13H27O4PS. The summed E-state index contributed by atoms with van der Waals surface area (Å²) in [6.07, 6.45) is -0.441. The SMILES string of the molecule is CC(C)OP(=O)(OC(C)C)SC(C)(C)C(=O)C(C)C. The number of carbonyl (C=O) groups is 1. The minimum Gasteiger partial charge on any atom is -0.298 e. The molecule has 0 unspecified atom stereocenters. The van der Waals surface area contributed by atoms with E-state index in [0.29, 0.717) is 0 Å². The molecule has 0 atom stereocenters. The maximum atomic E-state index is 12.7. The van der Waals surface area contributed by atoms with Gasteiger partial charge in [0.1, 0.15) is 0 Å². The minimum atomic E-state index is -3.35. The Labute approximate surface area is 121 Å². The average Bonchev–Trinajstić information content (AvgIpc) is 2.11. The normalized spacial score (nSPS) is 13.6. The van der Waals surface area contributed by atoms with Crippen molar-refractivity contribution in [2.45, 2.75) is 72.3 Å². The lowest BCUT2D eigenvalue weighted by atomic mass is 9.98. The molecule has 0 aliphatic carbocycles. The molecule has 4 nitrogen and oxygen atoms in total. The van der Waals surface area contributed by atoms with Crippen molar-refractivity contribution in [3.63, 3.8) is 0 Å². The molecule has 6 heteroatoms. The summed E-state index contributed by atoms with van der Waals surface area (Å²) in [5.74, 6) is -0.0773. The van der Waals surface area contributed by atoms with Crippen molar-refractivity contribution >= 4 is 24.0 Å². The summed E-state index contributed by atoms with van der Waals surface area (Å²) >= 11 is 1.00. The summed E-state index contributed by atoms with van der Waals surface area (Å²) in [6.45, 7) is 11.0. The second-order valence-electron chi connectivity index (χ2n) is 5.88. The van der Waals surface area contributed by atoms with Crippen LogP contribution in [-0.4, -0.2) is 22.7 Å². The lowest BCUT2D eigenvalue weighted by Gasteiger charge is -2.30. The second kappa shape index (κ2) is 7.26. The molecule has 0 N–H and O–H groups in total. The van der Waals surface area contributed by atoms with E-state index >= 15 is 0 Å². The van der Waals surface area contributed by atoms with Gasteiger partial charge in [0.05, 0.1) is 17.0 Å². The molecule has 0 radical (unpaired) electrons. The van der Waals surface area contributed by atoms with Gasteiger partial charge in [-0.05, 0) is 52.9 Å². The van der Waals surface area contributed by atoms with Crippen molar-refractivity contribution in [1.82, 2.24) is 0 Å². The van der Waals surface area contributed by atoms with Crippen LogP contribution in [0.2, 0.25) is 0 Å². The number of ketones is 1. The molecule has 0 heterocycles. The van der Waals surface area contributed by atoms with Crippen molar-refractivity contribution < 1.29 is 18.4 Å². The Morgan fingerprint density at radius 3 is 1.63 bits per heavy atom. The van der Waals surface area contributed by atoms with E-state index in [1.54, 1.807) is 41.5 Å². The van der Waals surface area contributed by atoms with Gasteiger partial charge >= 0.3 is 6.80 Å². The molecule has 0 rings (SSSR count). The van der Waals surface area contributed by atoms with Crippen LogP contribution in [-0.2, 0) is 18.4 Å². The predicted octanol–water partition coefficient (Wildman–Crippen LogP) is 4.68. The van der Waals surface area contributed by atoms with Crippen molar-refractivity contribution in [1.29, 1.82) is 0 Å². The monoisotopic (exact) mass is 310 g/mol. The van der Waals surface area contributed by atoms with E-state index in [9.17, 15) is 9.36 Å². The second-order valence-corrected chi connectivity index (χ2v) is 10.3. The van der Waals surface area contributed by atoms with Crippen LogP contribution in [0.15, 0.2) is 0 Å². The van der Waals surface area contributed by atoms with E-state index in [2.05, 4.69) is 0 Å². The fraction of sp³-hybridized carbons (Fsp3) is 0.923. The van der Waals surface area contributed by atoms with Gasteiger partial charge in [-0.2, -0.15) is 0 Å². The van der Waals surface area contributed by atoms with Crippen molar-refractivity contribution in [2.75, 3.05) is 0 Å². The van der Waals surface area contributed by atoms with E-state index in [0.717, 1.165) is 11.4 Å². The van der Waals surface area contributed by atoms with E-state index in [1.165, 1.54) is 0 Å². The zero-order valence-corrected chi connectivity index (χ0v) is 14.9. The van der Waals surface area contributed by atoms with Crippen LogP contribution < -0.4 is 0 Å². The lowest BCUT2D eigenvalue weighted by Crippen LogP contribution is -2.32. The molecule has 0 bridgehead atoms. The maximum Gasteiger partial charge on any atom is 0.390 e. The van der Waals surface area contributed by atoms with Gasteiger partial charge in [0, 0.05) is 5.92 Å². The molecule has 0 aliphatic rings. The molecule has 0 saturated heterocycles. The summed E-state index contributed by atoms with van der Waals surface area (Å²) in [7, 11) is 0. The lowest BCUT2D eigenvalue weighted by molar-refractivity contribution is -0.123. The standard InChI is InChI=1S/C13H27O4PS/c1-9(2)12(14)13(7,8)19-18(15,16-10(3)4)17-11(5)6/h9-11H,1-8H3. The molecule has 0 aromatic rings. The smallest absolute Gasteiger partial charge is 0.298 e. The van der Waals surface area contributed by atoms with Gasteiger partial charge in [-0.1, -0.05) is 13.8 Å². The summed E-state index contributed by atoms with van der Waals surface area (Å²) in [5.41, 5.74) is 0. The first-order chi connectivity index (χ1) is 8.39. The fourth-order valence-electron chi connectivity index (χ4n) is 1.60. The van der Waals surface area contributed by atoms with E-state index in [4.69, 9.17) is 9.05 Å². The summed E-state index contributed by atoms with van der Waals surface area (Å²) in [6, 6.07) is 0. The van der Waals surface area contributed by atoms with Gasteiger partial charge in [0.25, 0.3) is 0 Å². The van der Waals surface area contributed by atoms with Gasteiger partial charge < -0.3 is 0 Å². The first-order valence-electron chi connectivity index (χ1n) is 6.61. The highest BCUT2D eigenvalue weighted by Crippen LogP contribution is 2.66. The fourth-order valence-corrected chi connectivity index (χ4v) is 6.90. The third-order valence-electron chi connectivity index (χ3n) is 2.14. The largest absolute Gasteiger partial charge is 0.390 e. The van der Waals surface area contributed by atoms with Crippen LogP contribution in [0, 0.1) is 5.92 Å². The van der Waals surface area contributed by atoms with Crippen LogP contribution in [0.5, 0.6) is 0 Å². The minimum absolute atomic E-state index is 0.0393. The Balaban J connectivity index is 5.11. The van der Waals surface area contributed by atoms with Crippen LogP contribution in [0.25, 0.3) is 0 Å². The van der Waals surface area contributed by atoms with Gasteiger partial charge in [-0.3, -0.25) is 13.8 Å². The van der Waals surface area contributed by atoms with Crippen LogP contribution >= 0.6 is 18.2 Å². The van der Waals surface area contributed by atoms with E-state index in [-0.39, 0.29) is 23.9 Å². The highest BCUT2D eigenvalue weighted by molar-refractivity contribution is 8.56. The summed E-state index contributed by atoms with van der Waals surface area (Å²) in [5, 5.41) is 0. The molecule has 0 aliphatic heterocycles. The zero-order valence-electron chi connectivity index (χ0n) is 13.2. The van der Waals surface area contributed by atoms with Gasteiger partial charge in [-0.25, -0.2) is 4.57 Å². The Morgan fingerprint density at radius 1 is 1.00 bits per heavy atom. The number of Topliss-reactive ketones (excluding diaryl/α,β-unsaturated/α-hetero) is 1. The van der Waals surface area contributed by atoms with Crippen LogP contribution in [0.3, 0.4) is 0 Å². The van der Waals surface area contributed by atoms with Crippen LogP contribution in [0.4, 0.5) is 0 Å². The Hall–Kier alpha value is 0.170. The van der Waals surface area contributed by atoms with Crippen molar-refractivity contribution in [3.8, 4) is 0 Å². The molecule has 0 aromatic carbocycles.